The number of rotatable bonds is 1. The number of amides is 1. The molecule has 0 saturated heterocycles. The Morgan fingerprint density at radius 1 is 1.18 bits per heavy atom. The Morgan fingerprint density at radius 2 is 1.86 bits per heavy atom. The predicted molar refractivity (Wildman–Crippen MR) is 81.7 cm³/mol. The SMILES string of the molecule is CN1C(=O)CN=C(c2c(F)cccc2F)c2cc(Cl)ccc21. The van der Waals surface area contributed by atoms with Crippen LogP contribution in [-0.2, 0) is 4.79 Å². The van der Waals surface area contributed by atoms with Crippen molar-refractivity contribution in [3.05, 3.63) is 64.2 Å². The number of carbonyl (C=O) groups is 1. The molecule has 0 spiro atoms. The van der Waals surface area contributed by atoms with E-state index in [4.69, 9.17) is 11.6 Å². The van der Waals surface area contributed by atoms with Crippen molar-refractivity contribution in [2.75, 3.05) is 18.5 Å². The fourth-order valence-corrected chi connectivity index (χ4v) is 2.57. The van der Waals surface area contributed by atoms with E-state index in [1.54, 1.807) is 25.2 Å². The van der Waals surface area contributed by atoms with Gasteiger partial charge in [0, 0.05) is 17.6 Å². The van der Waals surface area contributed by atoms with Gasteiger partial charge in [0.05, 0.1) is 17.0 Å². The lowest BCUT2D eigenvalue weighted by atomic mass is 9.99. The van der Waals surface area contributed by atoms with Crippen molar-refractivity contribution in [2.24, 2.45) is 4.99 Å². The molecule has 1 heterocycles. The maximum atomic E-state index is 14.1. The van der Waals surface area contributed by atoms with Crippen LogP contribution < -0.4 is 4.90 Å². The fourth-order valence-electron chi connectivity index (χ4n) is 2.40. The second-order valence-corrected chi connectivity index (χ2v) is 5.31. The summed E-state index contributed by atoms with van der Waals surface area (Å²) in [5.74, 6) is -1.74. The van der Waals surface area contributed by atoms with Gasteiger partial charge < -0.3 is 4.90 Å². The van der Waals surface area contributed by atoms with Gasteiger partial charge >= 0.3 is 0 Å². The van der Waals surface area contributed by atoms with Crippen LogP contribution in [0.5, 0.6) is 0 Å². The Kier molecular flexibility index (Phi) is 3.66. The summed E-state index contributed by atoms with van der Waals surface area (Å²) < 4.78 is 28.2. The van der Waals surface area contributed by atoms with Crippen LogP contribution in [0.1, 0.15) is 11.1 Å². The summed E-state index contributed by atoms with van der Waals surface area (Å²) in [5.41, 5.74) is 0.762. The highest BCUT2D eigenvalue weighted by Gasteiger charge is 2.26. The molecule has 0 radical (unpaired) electrons. The number of likely N-dealkylation sites (N-methyl/N-ethyl adjacent to an activating group) is 1. The van der Waals surface area contributed by atoms with Gasteiger partial charge in [-0.25, -0.2) is 8.78 Å². The van der Waals surface area contributed by atoms with E-state index in [1.807, 2.05) is 0 Å². The molecular weight excluding hydrogens is 310 g/mol. The number of fused-ring (bicyclic) bond motifs is 1. The van der Waals surface area contributed by atoms with E-state index in [0.29, 0.717) is 16.3 Å². The van der Waals surface area contributed by atoms with Crippen LogP contribution >= 0.6 is 11.6 Å². The Hall–Kier alpha value is -2.27. The number of halogens is 3. The predicted octanol–water partition coefficient (Wildman–Crippen LogP) is 3.43. The molecule has 0 aliphatic carbocycles. The summed E-state index contributed by atoms with van der Waals surface area (Å²) in [6.45, 7) is -0.189. The zero-order valence-electron chi connectivity index (χ0n) is 11.6. The maximum absolute atomic E-state index is 14.1. The van der Waals surface area contributed by atoms with E-state index in [2.05, 4.69) is 4.99 Å². The zero-order chi connectivity index (χ0) is 15.9. The third-order valence-corrected chi connectivity index (χ3v) is 3.76. The van der Waals surface area contributed by atoms with Crippen LogP contribution in [0.2, 0.25) is 5.02 Å². The minimum absolute atomic E-state index is 0.0887. The van der Waals surface area contributed by atoms with Crippen molar-refractivity contribution in [2.45, 2.75) is 0 Å². The number of anilines is 1. The first-order valence-electron chi connectivity index (χ1n) is 6.54. The molecule has 3 nitrogen and oxygen atoms in total. The highest BCUT2D eigenvalue weighted by atomic mass is 35.5. The molecular formula is C16H11ClF2N2O. The highest BCUT2D eigenvalue weighted by Crippen LogP contribution is 2.30. The van der Waals surface area contributed by atoms with Crippen molar-refractivity contribution in [3.63, 3.8) is 0 Å². The van der Waals surface area contributed by atoms with Crippen molar-refractivity contribution >= 4 is 28.9 Å². The summed E-state index contributed by atoms with van der Waals surface area (Å²) in [6.07, 6.45) is 0. The van der Waals surface area contributed by atoms with E-state index in [9.17, 15) is 13.6 Å². The molecule has 1 amide bonds. The van der Waals surface area contributed by atoms with Crippen LogP contribution in [-0.4, -0.2) is 25.2 Å². The Morgan fingerprint density at radius 3 is 2.55 bits per heavy atom. The molecule has 3 rings (SSSR count). The molecule has 1 aliphatic rings. The van der Waals surface area contributed by atoms with Gasteiger partial charge in [-0.1, -0.05) is 17.7 Å². The van der Waals surface area contributed by atoms with Gasteiger partial charge in [0.15, 0.2) is 0 Å². The van der Waals surface area contributed by atoms with Crippen molar-refractivity contribution in [1.82, 2.24) is 0 Å². The molecule has 2 aromatic rings. The van der Waals surface area contributed by atoms with Crippen molar-refractivity contribution in [3.8, 4) is 0 Å². The van der Waals surface area contributed by atoms with E-state index in [0.717, 1.165) is 12.1 Å². The normalized spacial score (nSPS) is 14.5. The standard InChI is InChI=1S/C16H11ClF2N2O/c1-21-13-6-5-9(17)7-10(13)16(20-8-14(21)22)15-11(18)3-2-4-12(15)19/h2-7H,8H2,1H3. The lowest BCUT2D eigenvalue weighted by molar-refractivity contribution is -0.116. The number of nitrogens with zero attached hydrogens (tertiary/aromatic N) is 2. The summed E-state index contributed by atoms with van der Waals surface area (Å²) in [6, 6.07) is 8.39. The number of aliphatic imine (C=N–C) groups is 1. The van der Waals surface area contributed by atoms with Gasteiger partial charge in [0.2, 0.25) is 5.91 Å². The van der Waals surface area contributed by atoms with Gasteiger partial charge in [0.1, 0.15) is 18.2 Å². The van der Waals surface area contributed by atoms with Crippen LogP contribution in [0.15, 0.2) is 41.4 Å². The number of carbonyl (C=O) groups excluding carboxylic acids is 1. The molecule has 6 heteroatoms. The first-order valence-corrected chi connectivity index (χ1v) is 6.92. The second-order valence-electron chi connectivity index (χ2n) is 4.88. The van der Waals surface area contributed by atoms with E-state index < -0.39 is 11.6 Å². The van der Waals surface area contributed by atoms with Crippen molar-refractivity contribution < 1.29 is 13.6 Å². The molecule has 112 valence electrons. The number of hydrogen-bond acceptors (Lipinski definition) is 2. The fraction of sp³-hybridized carbons (Fsp3) is 0.125. The van der Waals surface area contributed by atoms with Gasteiger partial charge in [-0.15, -0.1) is 0 Å². The molecule has 0 N–H and O–H groups in total. The molecule has 0 fully saturated rings. The Labute approximate surface area is 130 Å². The van der Waals surface area contributed by atoms with Gasteiger partial charge in [-0.2, -0.15) is 0 Å². The maximum Gasteiger partial charge on any atom is 0.248 e. The lowest BCUT2D eigenvalue weighted by Gasteiger charge is -2.18. The monoisotopic (exact) mass is 320 g/mol. The van der Waals surface area contributed by atoms with E-state index in [1.165, 1.54) is 11.0 Å². The third kappa shape index (κ3) is 2.37. The average Bonchev–Trinajstić information content (AvgIpc) is 2.59. The Balaban J connectivity index is 2.30. The highest BCUT2D eigenvalue weighted by molar-refractivity contribution is 6.32. The third-order valence-electron chi connectivity index (χ3n) is 3.52. The van der Waals surface area contributed by atoms with Gasteiger partial charge in [-0.05, 0) is 30.3 Å². The lowest BCUT2D eigenvalue weighted by Crippen LogP contribution is -2.27. The molecule has 22 heavy (non-hydrogen) atoms. The molecule has 2 aromatic carbocycles. The van der Waals surface area contributed by atoms with Crippen LogP contribution in [0.3, 0.4) is 0 Å². The minimum Gasteiger partial charge on any atom is -0.313 e. The minimum atomic E-state index is -0.735. The van der Waals surface area contributed by atoms with E-state index in [-0.39, 0.29) is 23.7 Å². The van der Waals surface area contributed by atoms with Crippen LogP contribution in [0, 0.1) is 11.6 Å². The molecule has 0 saturated carbocycles. The summed E-state index contributed by atoms with van der Waals surface area (Å²) in [4.78, 5) is 17.5. The zero-order valence-corrected chi connectivity index (χ0v) is 12.4. The molecule has 0 bridgehead atoms. The van der Waals surface area contributed by atoms with Crippen LogP contribution in [0.4, 0.5) is 14.5 Å². The summed E-state index contributed by atoms with van der Waals surface area (Å²) in [5, 5.41) is 0.394. The number of hydrogen-bond donors (Lipinski definition) is 0. The first-order chi connectivity index (χ1) is 10.5. The second kappa shape index (κ2) is 5.50. The largest absolute Gasteiger partial charge is 0.313 e. The topological polar surface area (TPSA) is 32.7 Å². The quantitative estimate of drug-likeness (QED) is 0.792. The van der Waals surface area contributed by atoms with Crippen molar-refractivity contribution in [1.29, 1.82) is 0 Å². The molecule has 0 unspecified atom stereocenters. The van der Waals surface area contributed by atoms with E-state index >= 15 is 0 Å². The van der Waals surface area contributed by atoms with Gasteiger partial charge in [-0.3, -0.25) is 9.79 Å². The molecule has 0 atom stereocenters. The molecule has 1 aliphatic heterocycles. The Bertz CT molecular complexity index is 784. The first kappa shape index (κ1) is 14.7. The summed E-state index contributed by atoms with van der Waals surface area (Å²) >= 11 is 6.00. The average molecular weight is 321 g/mol. The number of benzodiazepines with no additional fused rings is 1. The molecule has 0 aromatic heterocycles. The van der Waals surface area contributed by atoms with Crippen LogP contribution in [0.25, 0.3) is 0 Å². The van der Waals surface area contributed by atoms with Gasteiger partial charge in [0.25, 0.3) is 0 Å². The smallest absolute Gasteiger partial charge is 0.248 e. The summed E-state index contributed by atoms with van der Waals surface area (Å²) in [7, 11) is 1.59. The number of benzene rings is 2.